The monoisotopic (exact) mass is 411 g/mol. The van der Waals surface area contributed by atoms with Gasteiger partial charge in [0.1, 0.15) is 17.8 Å². The lowest BCUT2D eigenvalue weighted by molar-refractivity contribution is -0.137. The van der Waals surface area contributed by atoms with Crippen molar-refractivity contribution in [3.63, 3.8) is 0 Å². The van der Waals surface area contributed by atoms with Gasteiger partial charge in [-0.15, -0.1) is 0 Å². The van der Waals surface area contributed by atoms with Crippen molar-refractivity contribution in [1.29, 1.82) is 0 Å². The second-order valence-corrected chi connectivity index (χ2v) is 6.42. The van der Waals surface area contributed by atoms with Crippen LogP contribution in [0, 0.1) is 0 Å². The van der Waals surface area contributed by atoms with Crippen LogP contribution in [0.3, 0.4) is 0 Å². The standard InChI is InChI=1S/C22H16F3N3O2/c23-22(24,25)16-5-9-18(10-6-16)30-17-7-3-15(4-8-17)11-13-29-21-20-19(27-14-28-21)2-1-12-26-20/h1-10,12,14H,11,13H2. The second kappa shape index (κ2) is 8.36. The van der Waals surface area contributed by atoms with Gasteiger partial charge in [-0.2, -0.15) is 18.2 Å². The Morgan fingerprint density at radius 2 is 1.50 bits per heavy atom. The molecule has 4 aromatic rings. The molecule has 0 aliphatic rings. The summed E-state index contributed by atoms with van der Waals surface area (Å²) in [6.07, 6.45) is -0.629. The Balaban J connectivity index is 1.33. The number of rotatable bonds is 6. The minimum absolute atomic E-state index is 0.335. The molecule has 0 amide bonds. The number of aromatic nitrogens is 3. The van der Waals surface area contributed by atoms with Gasteiger partial charge in [0.05, 0.1) is 17.7 Å². The van der Waals surface area contributed by atoms with Crippen molar-refractivity contribution in [2.45, 2.75) is 12.6 Å². The molecular formula is C22H16F3N3O2. The van der Waals surface area contributed by atoms with Crippen LogP contribution in [-0.2, 0) is 12.6 Å². The van der Waals surface area contributed by atoms with Crippen LogP contribution in [0.5, 0.6) is 17.4 Å². The molecule has 0 saturated heterocycles. The predicted molar refractivity (Wildman–Crippen MR) is 104 cm³/mol. The van der Waals surface area contributed by atoms with Crippen LogP contribution < -0.4 is 9.47 Å². The molecule has 2 heterocycles. The molecule has 0 N–H and O–H groups in total. The van der Waals surface area contributed by atoms with Crippen molar-refractivity contribution in [3.05, 3.63) is 84.3 Å². The van der Waals surface area contributed by atoms with E-state index in [1.165, 1.54) is 18.5 Å². The van der Waals surface area contributed by atoms with E-state index in [-0.39, 0.29) is 0 Å². The molecule has 5 nitrogen and oxygen atoms in total. The Morgan fingerprint density at radius 3 is 2.20 bits per heavy atom. The lowest BCUT2D eigenvalue weighted by atomic mass is 10.1. The quantitative estimate of drug-likeness (QED) is 0.422. The number of benzene rings is 2. The number of fused-ring (bicyclic) bond motifs is 1. The smallest absolute Gasteiger partial charge is 0.416 e. The minimum Gasteiger partial charge on any atom is -0.476 e. The molecule has 0 bridgehead atoms. The highest BCUT2D eigenvalue weighted by Crippen LogP contribution is 2.31. The third-order valence-electron chi connectivity index (χ3n) is 4.33. The van der Waals surface area contributed by atoms with Gasteiger partial charge in [0.15, 0.2) is 5.52 Å². The van der Waals surface area contributed by atoms with Gasteiger partial charge in [-0.05, 0) is 54.1 Å². The first-order chi connectivity index (χ1) is 14.5. The van der Waals surface area contributed by atoms with Crippen molar-refractivity contribution in [2.24, 2.45) is 0 Å². The molecule has 0 saturated carbocycles. The molecule has 30 heavy (non-hydrogen) atoms. The molecule has 2 aromatic carbocycles. The molecule has 0 aliphatic carbocycles. The average molecular weight is 411 g/mol. The molecule has 2 aromatic heterocycles. The summed E-state index contributed by atoms with van der Waals surface area (Å²) in [5.41, 5.74) is 1.63. The zero-order valence-corrected chi connectivity index (χ0v) is 15.6. The summed E-state index contributed by atoms with van der Waals surface area (Å²) in [6.45, 7) is 0.405. The number of pyridine rings is 1. The summed E-state index contributed by atoms with van der Waals surface area (Å²) >= 11 is 0. The second-order valence-electron chi connectivity index (χ2n) is 6.42. The Labute approximate surface area is 170 Å². The van der Waals surface area contributed by atoms with E-state index in [9.17, 15) is 13.2 Å². The summed E-state index contributed by atoms with van der Waals surface area (Å²) in [4.78, 5) is 12.5. The van der Waals surface area contributed by atoms with E-state index in [4.69, 9.17) is 9.47 Å². The molecule has 0 atom stereocenters. The fraction of sp³-hybridized carbons (Fsp3) is 0.136. The van der Waals surface area contributed by atoms with Gasteiger partial charge in [0.2, 0.25) is 5.88 Å². The Hall–Kier alpha value is -3.68. The highest BCUT2D eigenvalue weighted by atomic mass is 19.4. The van der Waals surface area contributed by atoms with Crippen LogP contribution in [0.1, 0.15) is 11.1 Å². The first-order valence-corrected chi connectivity index (χ1v) is 9.12. The van der Waals surface area contributed by atoms with Gasteiger partial charge >= 0.3 is 6.18 Å². The Morgan fingerprint density at radius 1 is 0.800 bits per heavy atom. The lowest BCUT2D eigenvalue weighted by Crippen LogP contribution is -2.04. The van der Waals surface area contributed by atoms with Crippen LogP contribution in [0.15, 0.2) is 73.2 Å². The van der Waals surface area contributed by atoms with Crippen LogP contribution in [0.25, 0.3) is 11.0 Å². The summed E-state index contributed by atoms with van der Waals surface area (Å²) in [5.74, 6) is 1.30. The Bertz CT molecular complexity index is 1130. The van der Waals surface area contributed by atoms with Crippen LogP contribution in [0.4, 0.5) is 13.2 Å². The van der Waals surface area contributed by atoms with E-state index in [0.29, 0.717) is 41.4 Å². The number of hydrogen-bond donors (Lipinski definition) is 0. The molecule has 0 radical (unpaired) electrons. The number of halogens is 3. The lowest BCUT2D eigenvalue weighted by Gasteiger charge is -2.10. The first kappa shape index (κ1) is 19.6. The molecule has 8 heteroatoms. The normalized spacial score (nSPS) is 11.4. The molecule has 0 fully saturated rings. The molecule has 0 aliphatic heterocycles. The maximum Gasteiger partial charge on any atom is 0.416 e. The van der Waals surface area contributed by atoms with Crippen LogP contribution in [0.2, 0.25) is 0 Å². The van der Waals surface area contributed by atoms with E-state index < -0.39 is 11.7 Å². The largest absolute Gasteiger partial charge is 0.476 e. The average Bonchev–Trinajstić information content (AvgIpc) is 2.75. The predicted octanol–water partition coefficient (Wildman–Crippen LogP) is 5.46. The molecule has 152 valence electrons. The summed E-state index contributed by atoms with van der Waals surface area (Å²) in [6, 6.07) is 15.5. The Kier molecular flexibility index (Phi) is 5.47. The highest BCUT2D eigenvalue weighted by Gasteiger charge is 2.30. The third kappa shape index (κ3) is 4.65. The maximum absolute atomic E-state index is 12.6. The number of nitrogens with zero attached hydrogens (tertiary/aromatic N) is 3. The van der Waals surface area contributed by atoms with E-state index >= 15 is 0 Å². The summed E-state index contributed by atoms with van der Waals surface area (Å²) < 4.78 is 49.2. The third-order valence-corrected chi connectivity index (χ3v) is 4.33. The van der Waals surface area contributed by atoms with Crippen molar-refractivity contribution in [1.82, 2.24) is 15.0 Å². The maximum atomic E-state index is 12.6. The topological polar surface area (TPSA) is 57.1 Å². The summed E-state index contributed by atoms with van der Waals surface area (Å²) in [7, 11) is 0. The van der Waals surface area contributed by atoms with Crippen molar-refractivity contribution in [3.8, 4) is 17.4 Å². The molecular weight excluding hydrogens is 395 g/mol. The fourth-order valence-corrected chi connectivity index (χ4v) is 2.81. The zero-order valence-electron chi connectivity index (χ0n) is 15.6. The molecule has 0 spiro atoms. The molecule has 4 rings (SSSR count). The van der Waals surface area contributed by atoms with Crippen molar-refractivity contribution < 1.29 is 22.6 Å². The molecule has 0 unspecified atom stereocenters. The van der Waals surface area contributed by atoms with Gasteiger partial charge in [-0.1, -0.05) is 12.1 Å². The van der Waals surface area contributed by atoms with E-state index in [1.807, 2.05) is 18.2 Å². The van der Waals surface area contributed by atoms with E-state index in [2.05, 4.69) is 15.0 Å². The van der Waals surface area contributed by atoms with E-state index in [0.717, 1.165) is 17.7 Å². The van der Waals surface area contributed by atoms with Crippen LogP contribution >= 0.6 is 0 Å². The van der Waals surface area contributed by atoms with Gasteiger partial charge in [0.25, 0.3) is 0 Å². The van der Waals surface area contributed by atoms with Crippen molar-refractivity contribution in [2.75, 3.05) is 6.61 Å². The number of hydrogen-bond acceptors (Lipinski definition) is 5. The van der Waals surface area contributed by atoms with E-state index in [1.54, 1.807) is 24.4 Å². The highest BCUT2D eigenvalue weighted by molar-refractivity contribution is 5.78. The van der Waals surface area contributed by atoms with Gasteiger partial charge in [0, 0.05) is 12.6 Å². The SMILES string of the molecule is FC(F)(F)c1ccc(Oc2ccc(CCOc3ncnc4cccnc34)cc2)cc1. The minimum atomic E-state index is -4.36. The van der Waals surface area contributed by atoms with Crippen LogP contribution in [-0.4, -0.2) is 21.6 Å². The van der Waals surface area contributed by atoms with Crippen molar-refractivity contribution >= 4 is 11.0 Å². The fourth-order valence-electron chi connectivity index (χ4n) is 2.81. The number of ether oxygens (including phenoxy) is 2. The number of alkyl halides is 3. The first-order valence-electron chi connectivity index (χ1n) is 9.12. The zero-order chi connectivity index (χ0) is 21.0. The van der Waals surface area contributed by atoms with Gasteiger partial charge in [-0.3, -0.25) is 0 Å². The summed E-state index contributed by atoms with van der Waals surface area (Å²) in [5, 5.41) is 0. The van der Waals surface area contributed by atoms with Gasteiger partial charge in [-0.25, -0.2) is 9.97 Å². The van der Waals surface area contributed by atoms with Gasteiger partial charge < -0.3 is 9.47 Å².